The van der Waals surface area contributed by atoms with Gasteiger partial charge in [-0.15, -0.1) is 0 Å². The molecule has 0 bridgehead atoms. The van der Waals surface area contributed by atoms with Crippen LogP contribution >= 0.6 is 0 Å². The third-order valence-corrected chi connectivity index (χ3v) is 3.76. The lowest BCUT2D eigenvalue weighted by Gasteiger charge is -2.20. The molecular weight excluding hydrogens is 188 g/mol. The van der Waals surface area contributed by atoms with Gasteiger partial charge in [-0.05, 0) is 24.8 Å². The summed E-state index contributed by atoms with van der Waals surface area (Å²) >= 11 is 0. The van der Waals surface area contributed by atoms with Crippen molar-refractivity contribution in [2.24, 2.45) is 11.8 Å². The van der Waals surface area contributed by atoms with Gasteiger partial charge in [-0.2, -0.15) is 0 Å². The van der Waals surface area contributed by atoms with Gasteiger partial charge in [-0.1, -0.05) is 13.8 Å². The van der Waals surface area contributed by atoms with Crippen LogP contribution in [0.3, 0.4) is 0 Å². The van der Waals surface area contributed by atoms with E-state index in [1.807, 2.05) is 6.92 Å². The molecule has 86 valence electrons. The number of amides is 1. The molecule has 0 radical (unpaired) electrons. The minimum atomic E-state index is 0.339. The van der Waals surface area contributed by atoms with E-state index in [1.165, 1.54) is 26.1 Å². The highest BCUT2D eigenvalue weighted by molar-refractivity contribution is 5.76. The number of likely N-dealkylation sites (tertiary alicyclic amines) is 2. The van der Waals surface area contributed by atoms with Gasteiger partial charge in [0.15, 0.2) is 0 Å². The molecule has 2 aliphatic rings. The summed E-state index contributed by atoms with van der Waals surface area (Å²) in [5.74, 6) is 1.85. The topological polar surface area (TPSA) is 23.6 Å². The van der Waals surface area contributed by atoms with E-state index in [4.69, 9.17) is 0 Å². The molecule has 0 aromatic heterocycles. The Balaban J connectivity index is 1.85. The molecule has 2 aliphatic heterocycles. The fourth-order valence-corrected chi connectivity index (χ4v) is 3.02. The molecule has 0 saturated carbocycles. The lowest BCUT2D eigenvalue weighted by Crippen LogP contribution is -2.32. The summed E-state index contributed by atoms with van der Waals surface area (Å²) in [6.07, 6.45) is 1.91. The molecule has 0 N–H and O–H groups in total. The zero-order valence-corrected chi connectivity index (χ0v) is 9.91. The first-order valence-electron chi connectivity index (χ1n) is 6.24. The maximum atomic E-state index is 11.6. The summed E-state index contributed by atoms with van der Waals surface area (Å²) in [7, 11) is 0. The van der Waals surface area contributed by atoms with Crippen molar-refractivity contribution in [1.29, 1.82) is 0 Å². The molecule has 0 spiro atoms. The maximum Gasteiger partial charge on any atom is 0.222 e. The Bertz CT molecular complexity index is 228. The van der Waals surface area contributed by atoms with E-state index in [1.54, 1.807) is 0 Å². The Hall–Kier alpha value is -0.570. The van der Waals surface area contributed by atoms with Crippen LogP contribution in [0.15, 0.2) is 0 Å². The second-order valence-corrected chi connectivity index (χ2v) is 4.93. The Labute approximate surface area is 92.4 Å². The van der Waals surface area contributed by atoms with E-state index < -0.39 is 0 Å². The fraction of sp³-hybridized carbons (Fsp3) is 0.917. The monoisotopic (exact) mass is 210 g/mol. The summed E-state index contributed by atoms with van der Waals surface area (Å²) < 4.78 is 0. The molecule has 2 rings (SSSR count). The van der Waals surface area contributed by atoms with Crippen LogP contribution in [0, 0.1) is 11.8 Å². The fourth-order valence-electron chi connectivity index (χ4n) is 3.02. The number of hydrogen-bond donors (Lipinski definition) is 0. The first-order chi connectivity index (χ1) is 7.24. The zero-order chi connectivity index (χ0) is 10.8. The summed E-state index contributed by atoms with van der Waals surface area (Å²) in [6.45, 7) is 9.88. The van der Waals surface area contributed by atoms with E-state index in [2.05, 4.69) is 16.7 Å². The van der Waals surface area contributed by atoms with Crippen LogP contribution in [0.1, 0.15) is 26.7 Å². The van der Waals surface area contributed by atoms with Crippen LogP contribution in [0.5, 0.6) is 0 Å². The second-order valence-electron chi connectivity index (χ2n) is 4.93. The Kier molecular flexibility index (Phi) is 3.29. The SMILES string of the molecule is CCCN1C[C@@H]2CN(C(=O)CC)C[C@@H]2C1. The van der Waals surface area contributed by atoms with Gasteiger partial charge >= 0.3 is 0 Å². The first-order valence-corrected chi connectivity index (χ1v) is 6.24. The highest BCUT2D eigenvalue weighted by atomic mass is 16.2. The third kappa shape index (κ3) is 2.17. The van der Waals surface area contributed by atoms with Gasteiger partial charge in [-0.3, -0.25) is 4.79 Å². The molecule has 15 heavy (non-hydrogen) atoms. The minimum Gasteiger partial charge on any atom is -0.342 e. The summed E-state index contributed by atoms with van der Waals surface area (Å²) in [4.78, 5) is 16.2. The van der Waals surface area contributed by atoms with Gasteiger partial charge in [0.25, 0.3) is 0 Å². The molecule has 2 saturated heterocycles. The second kappa shape index (κ2) is 4.52. The Morgan fingerprint density at radius 2 is 1.73 bits per heavy atom. The van der Waals surface area contributed by atoms with E-state index >= 15 is 0 Å². The Morgan fingerprint density at radius 3 is 2.20 bits per heavy atom. The van der Waals surface area contributed by atoms with Crippen molar-refractivity contribution in [2.75, 3.05) is 32.7 Å². The van der Waals surface area contributed by atoms with Crippen LogP contribution in [-0.2, 0) is 4.79 Å². The molecule has 2 atom stereocenters. The molecule has 0 aromatic carbocycles. The number of hydrogen-bond acceptors (Lipinski definition) is 2. The van der Waals surface area contributed by atoms with Gasteiger partial charge in [0, 0.05) is 32.6 Å². The molecule has 0 aromatic rings. The van der Waals surface area contributed by atoms with E-state index in [-0.39, 0.29) is 0 Å². The minimum absolute atomic E-state index is 0.339. The van der Waals surface area contributed by atoms with Crippen LogP contribution in [0.2, 0.25) is 0 Å². The Morgan fingerprint density at radius 1 is 1.13 bits per heavy atom. The zero-order valence-electron chi connectivity index (χ0n) is 9.91. The van der Waals surface area contributed by atoms with E-state index in [0.29, 0.717) is 12.3 Å². The number of rotatable bonds is 3. The van der Waals surface area contributed by atoms with Gasteiger partial charge in [0.2, 0.25) is 5.91 Å². The summed E-state index contributed by atoms with van der Waals surface area (Å²) in [5, 5.41) is 0. The molecule has 1 amide bonds. The van der Waals surface area contributed by atoms with Crippen LogP contribution in [-0.4, -0.2) is 48.4 Å². The number of nitrogens with zero attached hydrogens (tertiary/aromatic N) is 2. The molecule has 0 unspecified atom stereocenters. The van der Waals surface area contributed by atoms with Gasteiger partial charge < -0.3 is 9.80 Å². The smallest absolute Gasteiger partial charge is 0.222 e. The summed E-state index contributed by atoms with van der Waals surface area (Å²) in [5.41, 5.74) is 0. The normalized spacial score (nSPS) is 30.9. The highest BCUT2D eigenvalue weighted by Crippen LogP contribution is 2.31. The molecule has 2 heterocycles. The molecule has 3 heteroatoms. The van der Waals surface area contributed by atoms with Crippen molar-refractivity contribution in [3.05, 3.63) is 0 Å². The number of carbonyl (C=O) groups is 1. The van der Waals surface area contributed by atoms with Crippen LogP contribution < -0.4 is 0 Å². The van der Waals surface area contributed by atoms with Crippen molar-refractivity contribution in [1.82, 2.24) is 9.80 Å². The predicted octanol–water partition coefficient (Wildman–Crippen LogP) is 1.20. The lowest BCUT2D eigenvalue weighted by molar-refractivity contribution is -0.130. The van der Waals surface area contributed by atoms with Crippen molar-refractivity contribution >= 4 is 5.91 Å². The maximum absolute atomic E-state index is 11.6. The van der Waals surface area contributed by atoms with E-state index in [0.717, 1.165) is 24.9 Å². The van der Waals surface area contributed by atoms with Crippen molar-refractivity contribution < 1.29 is 4.79 Å². The standard InChI is InChI=1S/C12H22N2O/c1-3-5-13-6-10-8-14(12(15)4-2)9-11(10)7-13/h10-11H,3-9H2,1-2H3/t10-,11+. The quantitative estimate of drug-likeness (QED) is 0.699. The van der Waals surface area contributed by atoms with Crippen LogP contribution in [0.25, 0.3) is 0 Å². The summed E-state index contributed by atoms with van der Waals surface area (Å²) in [6, 6.07) is 0. The number of carbonyl (C=O) groups excluding carboxylic acids is 1. The third-order valence-electron chi connectivity index (χ3n) is 3.76. The molecule has 0 aliphatic carbocycles. The van der Waals surface area contributed by atoms with Crippen molar-refractivity contribution in [2.45, 2.75) is 26.7 Å². The first kappa shape index (κ1) is 10.9. The van der Waals surface area contributed by atoms with Crippen molar-refractivity contribution in [3.8, 4) is 0 Å². The average molecular weight is 210 g/mol. The predicted molar refractivity (Wildman–Crippen MR) is 60.6 cm³/mol. The molecular formula is C12H22N2O. The highest BCUT2D eigenvalue weighted by Gasteiger charge is 2.40. The molecule has 3 nitrogen and oxygen atoms in total. The van der Waals surface area contributed by atoms with Gasteiger partial charge in [-0.25, -0.2) is 0 Å². The van der Waals surface area contributed by atoms with Gasteiger partial charge in [0.1, 0.15) is 0 Å². The van der Waals surface area contributed by atoms with E-state index in [9.17, 15) is 4.79 Å². The average Bonchev–Trinajstić information content (AvgIpc) is 2.74. The number of fused-ring (bicyclic) bond motifs is 1. The molecule has 2 fully saturated rings. The van der Waals surface area contributed by atoms with Crippen LogP contribution in [0.4, 0.5) is 0 Å². The lowest BCUT2D eigenvalue weighted by atomic mass is 10.0. The van der Waals surface area contributed by atoms with Gasteiger partial charge in [0.05, 0.1) is 0 Å². The van der Waals surface area contributed by atoms with Crippen molar-refractivity contribution in [3.63, 3.8) is 0 Å². The largest absolute Gasteiger partial charge is 0.342 e.